The maximum absolute atomic E-state index is 8.96. The zero-order valence-corrected chi connectivity index (χ0v) is 12.9. The molecule has 1 aromatic carbocycles. The summed E-state index contributed by atoms with van der Waals surface area (Å²) < 4.78 is 5.78. The fourth-order valence-electron chi connectivity index (χ4n) is 2.72. The molecule has 22 heavy (non-hydrogen) atoms. The maximum Gasteiger partial charge on any atom is 0.247 e. The Morgan fingerprint density at radius 1 is 1.14 bits per heavy atom. The number of β-amino-alcohol motifs (C(OH)–C–C–N with tert-alkyl or cyclic N) is 1. The molecular weight excluding hydrogens is 280 g/mol. The second-order valence-electron chi connectivity index (χ2n) is 5.71. The number of benzene rings is 1. The van der Waals surface area contributed by atoms with Crippen LogP contribution in [0.15, 0.2) is 28.7 Å². The van der Waals surface area contributed by atoms with E-state index in [1.54, 1.807) is 0 Å². The van der Waals surface area contributed by atoms with E-state index in [1.807, 2.05) is 31.2 Å². The molecule has 0 unspecified atom stereocenters. The fraction of sp³-hybridized carbons (Fsp3) is 0.500. The van der Waals surface area contributed by atoms with Crippen molar-refractivity contribution in [2.45, 2.75) is 13.5 Å². The number of aromatic nitrogens is 2. The van der Waals surface area contributed by atoms with Crippen LogP contribution in [-0.4, -0.2) is 64.4 Å². The first-order valence-corrected chi connectivity index (χ1v) is 7.69. The van der Waals surface area contributed by atoms with Gasteiger partial charge in [-0.2, -0.15) is 0 Å². The van der Waals surface area contributed by atoms with Gasteiger partial charge in [0.1, 0.15) is 0 Å². The number of aryl methyl sites for hydroxylation is 1. The normalized spacial score (nSPS) is 17.0. The molecular formula is C16H22N4O2. The Balaban J connectivity index is 1.58. The van der Waals surface area contributed by atoms with Crippen LogP contribution in [0.1, 0.15) is 11.5 Å². The van der Waals surface area contributed by atoms with E-state index in [1.165, 1.54) is 5.56 Å². The summed E-state index contributed by atoms with van der Waals surface area (Å²) in [6, 6.07) is 8.07. The van der Waals surface area contributed by atoms with Crippen LogP contribution in [0, 0.1) is 6.92 Å². The van der Waals surface area contributed by atoms with Gasteiger partial charge >= 0.3 is 0 Å². The fourth-order valence-corrected chi connectivity index (χ4v) is 2.72. The van der Waals surface area contributed by atoms with Crippen molar-refractivity contribution < 1.29 is 9.52 Å². The van der Waals surface area contributed by atoms with E-state index < -0.39 is 0 Å². The van der Waals surface area contributed by atoms with Gasteiger partial charge in [0, 0.05) is 38.3 Å². The topological polar surface area (TPSA) is 65.6 Å². The molecule has 1 saturated heterocycles. The van der Waals surface area contributed by atoms with E-state index in [2.05, 4.69) is 20.0 Å². The highest BCUT2D eigenvalue weighted by atomic mass is 16.4. The third kappa shape index (κ3) is 3.71. The summed E-state index contributed by atoms with van der Waals surface area (Å²) in [5, 5.41) is 17.3. The minimum Gasteiger partial charge on any atom is -0.419 e. The molecule has 6 nitrogen and oxygen atoms in total. The van der Waals surface area contributed by atoms with Gasteiger partial charge in [0.05, 0.1) is 13.2 Å². The molecule has 1 aromatic heterocycles. The molecule has 0 radical (unpaired) electrons. The van der Waals surface area contributed by atoms with Crippen molar-refractivity contribution in [3.05, 3.63) is 35.7 Å². The Labute approximate surface area is 130 Å². The quantitative estimate of drug-likeness (QED) is 0.894. The lowest BCUT2D eigenvalue weighted by atomic mass is 10.1. The highest BCUT2D eigenvalue weighted by molar-refractivity contribution is 5.53. The smallest absolute Gasteiger partial charge is 0.247 e. The van der Waals surface area contributed by atoms with Gasteiger partial charge in [0.25, 0.3) is 0 Å². The highest BCUT2D eigenvalue weighted by Gasteiger charge is 2.18. The summed E-state index contributed by atoms with van der Waals surface area (Å²) in [7, 11) is 0. The predicted octanol–water partition coefficient (Wildman–Crippen LogP) is 1.15. The number of aliphatic hydroxyl groups excluding tert-OH is 1. The van der Waals surface area contributed by atoms with E-state index in [0.717, 1.165) is 38.3 Å². The van der Waals surface area contributed by atoms with Crippen molar-refractivity contribution in [2.24, 2.45) is 0 Å². The molecule has 2 aromatic rings. The average Bonchev–Trinajstić information content (AvgIpc) is 2.98. The van der Waals surface area contributed by atoms with E-state index in [9.17, 15) is 0 Å². The van der Waals surface area contributed by atoms with Crippen molar-refractivity contribution in [3.8, 4) is 11.5 Å². The van der Waals surface area contributed by atoms with Gasteiger partial charge in [-0.25, -0.2) is 0 Å². The lowest BCUT2D eigenvalue weighted by molar-refractivity contribution is 0.103. The van der Waals surface area contributed by atoms with Crippen molar-refractivity contribution in [3.63, 3.8) is 0 Å². The lowest BCUT2D eigenvalue weighted by Gasteiger charge is -2.33. The molecule has 6 heteroatoms. The molecule has 0 aliphatic carbocycles. The van der Waals surface area contributed by atoms with Crippen LogP contribution in [0.4, 0.5) is 0 Å². The summed E-state index contributed by atoms with van der Waals surface area (Å²) >= 11 is 0. The molecule has 2 heterocycles. The van der Waals surface area contributed by atoms with Crippen molar-refractivity contribution in [2.75, 3.05) is 39.3 Å². The molecule has 3 rings (SSSR count). The third-order valence-corrected chi connectivity index (χ3v) is 3.97. The molecule has 0 atom stereocenters. The SMILES string of the molecule is Cc1cccc(-c2nnc(CN3CCN(CCO)CC3)o2)c1. The van der Waals surface area contributed by atoms with E-state index in [-0.39, 0.29) is 6.61 Å². The van der Waals surface area contributed by atoms with Gasteiger partial charge in [-0.1, -0.05) is 17.7 Å². The van der Waals surface area contributed by atoms with Crippen LogP contribution >= 0.6 is 0 Å². The van der Waals surface area contributed by atoms with Gasteiger partial charge in [0.2, 0.25) is 11.8 Å². The average molecular weight is 302 g/mol. The second kappa shape index (κ2) is 7.00. The first kappa shape index (κ1) is 15.1. The number of hydrogen-bond acceptors (Lipinski definition) is 6. The summed E-state index contributed by atoms with van der Waals surface area (Å²) in [6.45, 7) is 7.58. The molecule has 1 fully saturated rings. The number of hydrogen-bond donors (Lipinski definition) is 1. The zero-order valence-electron chi connectivity index (χ0n) is 12.9. The van der Waals surface area contributed by atoms with E-state index in [4.69, 9.17) is 9.52 Å². The summed E-state index contributed by atoms with van der Waals surface area (Å²) in [5.41, 5.74) is 2.14. The van der Waals surface area contributed by atoms with Gasteiger partial charge in [-0.3, -0.25) is 9.80 Å². The van der Waals surface area contributed by atoms with E-state index in [0.29, 0.717) is 18.3 Å². The first-order valence-electron chi connectivity index (χ1n) is 7.69. The summed E-state index contributed by atoms with van der Waals surface area (Å²) in [5.74, 6) is 1.24. The van der Waals surface area contributed by atoms with Crippen molar-refractivity contribution in [1.82, 2.24) is 20.0 Å². The Morgan fingerprint density at radius 3 is 2.64 bits per heavy atom. The maximum atomic E-state index is 8.96. The van der Waals surface area contributed by atoms with E-state index >= 15 is 0 Å². The van der Waals surface area contributed by atoms with Crippen molar-refractivity contribution in [1.29, 1.82) is 0 Å². The molecule has 1 aliphatic rings. The zero-order chi connectivity index (χ0) is 15.4. The molecule has 0 spiro atoms. The number of aliphatic hydroxyl groups is 1. The third-order valence-electron chi connectivity index (χ3n) is 3.97. The monoisotopic (exact) mass is 302 g/mol. The molecule has 1 N–H and O–H groups in total. The lowest BCUT2D eigenvalue weighted by Crippen LogP contribution is -2.46. The van der Waals surface area contributed by atoms with Crippen LogP contribution in [0.5, 0.6) is 0 Å². The molecule has 0 bridgehead atoms. The Bertz CT molecular complexity index is 606. The Hall–Kier alpha value is -1.76. The van der Waals surface area contributed by atoms with Gasteiger partial charge < -0.3 is 9.52 Å². The predicted molar refractivity (Wildman–Crippen MR) is 83.3 cm³/mol. The minimum absolute atomic E-state index is 0.226. The summed E-state index contributed by atoms with van der Waals surface area (Å²) in [6.07, 6.45) is 0. The van der Waals surface area contributed by atoms with Crippen LogP contribution in [-0.2, 0) is 6.54 Å². The highest BCUT2D eigenvalue weighted by Crippen LogP contribution is 2.19. The Kier molecular flexibility index (Phi) is 4.82. The number of rotatable bonds is 5. The molecule has 0 saturated carbocycles. The number of nitrogens with zero attached hydrogens (tertiary/aromatic N) is 4. The van der Waals surface area contributed by atoms with Gasteiger partial charge in [-0.05, 0) is 19.1 Å². The number of piperazine rings is 1. The van der Waals surface area contributed by atoms with Crippen LogP contribution < -0.4 is 0 Å². The van der Waals surface area contributed by atoms with Crippen LogP contribution in [0.2, 0.25) is 0 Å². The second-order valence-corrected chi connectivity index (χ2v) is 5.71. The van der Waals surface area contributed by atoms with Crippen molar-refractivity contribution >= 4 is 0 Å². The first-order chi connectivity index (χ1) is 10.7. The standard InChI is InChI=1S/C16H22N4O2/c1-13-3-2-4-14(11-13)16-18-17-15(22-16)12-20-7-5-19(6-8-20)9-10-21/h2-4,11,21H,5-10,12H2,1H3. The van der Waals surface area contributed by atoms with Crippen LogP contribution in [0.25, 0.3) is 11.5 Å². The molecule has 1 aliphatic heterocycles. The van der Waals surface area contributed by atoms with Gasteiger partial charge in [0.15, 0.2) is 0 Å². The summed E-state index contributed by atoms with van der Waals surface area (Å²) in [4.78, 5) is 4.57. The van der Waals surface area contributed by atoms with Gasteiger partial charge in [-0.15, -0.1) is 10.2 Å². The molecule has 118 valence electrons. The largest absolute Gasteiger partial charge is 0.419 e. The van der Waals surface area contributed by atoms with Crippen LogP contribution in [0.3, 0.4) is 0 Å². The molecule has 0 amide bonds. The minimum atomic E-state index is 0.226. The Morgan fingerprint density at radius 2 is 1.91 bits per heavy atom.